The van der Waals surface area contributed by atoms with E-state index >= 15 is 0 Å². The standard InChI is InChI=1S/C22H22N6O3/c1-3-12-7-13(6-11(2)19(12)29)16-9-18(24-15-4-5-15)28-20(25-16)14(10-23-28)8-17-21(30)27-22(31)26-17/h6-10,15,24,29H,3-5H2,1-2H3,(H2,26,27,30,31)/b17-8-. The smallest absolute Gasteiger partial charge is 0.326 e. The predicted molar refractivity (Wildman–Crippen MR) is 115 cm³/mol. The highest BCUT2D eigenvalue weighted by atomic mass is 16.3. The first kappa shape index (κ1) is 19.1. The Labute approximate surface area is 178 Å². The topological polar surface area (TPSA) is 121 Å². The van der Waals surface area contributed by atoms with Gasteiger partial charge in [0.25, 0.3) is 5.91 Å². The van der Waals surface area contributed by atoms with Gasteiger partial charge in [-0.1, -0.05) is 6.92 Å². The number of nitrogens with zero attached hydrogens (tertiary/aromatic N) is 3. The fourth-order valence-corrected chi connectivity index (χ4v) is 3.68. The zero-order chi connectivity index (χ0) is 21.7. The Balaban J connectivity index is 1.67. The summed E-state index contributed by atoms with van der Waals surface area (Å²) in [6.45, 7) is 3.87. The molecule has 3 heterocycles. The van der Waals surface area contributed by atoms with Crippen LogP contribution in [0.5, 0.6) is 5.75 Å². The Kier molecular flexibility index (Phi) is 4.39. The molecule has 1 saturated carbocycles. The van der Waals surface area contributed by atoms with Gasteiger partial charge in [0.05, 0.1) is 11.9 Å². The normalized spacial score (nSPS) is 17.3. The number of aromatic nitrogens is 3. The number of benzene rings is 1. The third-order valence-electron chi connectivity index (χ3n) is 5.50. The second kappa shape index (κ2) is 7.12. The summed E-state index contributed by atoms with van der Waals surface area (Å²) in [4.78, 5) is 28.2. The van der Waals surface area contributed by atoms with Crippen molar-refractivity contribution in [3.8, 4) is 17.0 Å². The van der Waals surface area contributed by atoms with E-state index < -0.39 is 11.9 Å². The lowest BCUT2D eigenvalue weighted by Crippen LogP contribution is -2.22. The molecule has 0 radical (unpaired) electrons. The molecule has 1 aliphatic carbocycles. The Morgan fingerprint density at radius 2 is 2.06 bits per heavy atom. The van der Waals surface area contributed by atoms with Crippen LogP contribution in [0.25, 0.3) is 23.0 Å². The van der Waals surface area contributed by atoms with Crippen LogP contribution in [-0.4, -0.2) is 37.7 Å². The molecule has 9 heteroatoms. The van der Waals surface area contributed by atoms with Crippen LogP contribution in [0.1, 0.15) is 36.5 Å². The van der Waals surface area contributed by atoms with Crippen LogP contribution in [0.2, 0.25) is 0 Å². The van der Waals surface area contributed by atoms with Gasteiger partial charge in [0.1, 0.15) is 17.3 Å². The molecule has 4 N–H and O–H groups in total. The minimum absolute atomic E-state index is 0.151. The highest BCUT2D eigenvalue weighted by Crippen LogP contribution is 2.33. The minimum atomic E-state index is -0.552. The third kappa shape index (κ3) is 3.48. The van der Waals surface area contributed by atoms with Gasteiger partial charge in [-0.3, -0.25) is 10.1 Å². The van der Waals surface area contributed by atoms with Gasteiger partial charge < -0.3 is 15.7 Å². The number of imide groups is 1. The van der Waals surface area contributed by atoms with E-state index in [9.17, 15) is 14.7 Å². The van der Waals surface area contributed by atoms with Crippen LogP contribution >= 0.6 is 0 Å². The summed E-state index contributed by atoms with van der Waals surface area (Å²) in [6, 6.07) is 5.65. The van der Waals surface area contributed by atoms with Crippen molar-refractivity contribution in [2.45, 2.75) is 39.2 Å². The van der Waals surface area contributed by atoms with Crippen molar-refractivity contribution in [1.82, 2.24) is 25.2 Å². The van der Waals surface area contributed by atoms with Crippen LogP contribution in [0.4, 0.5) is 10.6 Å². The number of phenols is 1. The van der Waals surface area contributed by atoms with Gasteiger partial charge in [-0.05, 0) is 55.5 Å². The van der Waals surface area contributed by atoms with Gasteiger partial charge in [0, 0.05) is 23.2 Å². The van der Waals surface area contributed by atoms with Crippen molar-refractivity contribution in [3.63, 3.8) is 0 Å². The van der Waals surface area contributed by atoms with Crippen LogP contribution in [-0.2, 0) is 11.2 Å². The maximum absolute atomic E-state index is 11.9. The second-order valence-electron chi connectivity index (χ2n) is 7.90. The number of hydrogen-bond donors (Lipinski definition) is 4. The van der Waals surface area contributed by atoms with Crippen molar-refractivity contribution in [1.29, 1.82) is 0 Å². The second-order valence-corrected chi connectivity index (χ2v) is 7.90. The van der Waals surface area contributed by atoms with Crippen LogP contribution in [0.3, 0.4) is 0 Å². The number of carbonyl (C=O) groups is 2. The third-order valence-corrected chi connectivity index (χ3v) is 5.50. The number of nitrogens with one attached hydrogen (secondary N) is 3. The van der Waals surface area contributed by atoms with Gasteiger partial charge >= 0.3 is 6.03 Å². The molecular formula is C22H22N6O3. The Bertz CT molecular complexity index is 1270. The van der Waals surface area contributed by atoms with Gasteiger partial charge in [-0.2, -0.15) is 9.61 Å². The number of aryl methyl sites for hydroxylation is 2. The molecule has 0 unspecified atom stereocenters. The molecule has 0 atom stereocenters. The fourth-order valence-electron chi connectivity index (χ4n) is 3.68. The van der Waals surface area contributed by atoms with Crippen LogP contribution in [0.15, 0.2) is 30.1 Å². The number of fused-ring (bicyclic) bond motifs is 1. The average Bonchev–Trinajstić information content (AvgIpc) is 3.38. The molecule has 2 fully saturated rings. The lowest BCUT2D eigenvalue weighted by atomic mass is 10.0. The van der Waals surface area contributed by atoms with Crippen molar-refractivity contribution in [3.05, 3.63) is 46.8 Å². The monoisotopic (exact) mass is 418 g/mol. The number of rotatable bonds is 5. The lowest BCUT2D eigenvalue weighted by Gasteiger charge is -2.13. The number of phenolic OH excluding ortho intramolecular Hbond substituents is 1. The molecule has 158 valence electrons. The summed E-state index contributed by atoms with van der Waals surface area (Å²) in [6.07, 6.45) is 6.09. The highest BCUT2D eigenvalue weighted by Gasteiger charge is 2.25. The molecule has 0 bridgehead atoms. The molecular weight excluding hydrogens is 396 g/mol. The molecule has 1 aliphatic heterocycles. The molecule has 1 saturated heterocycles. The molecule has 5 rings (SSSR count). The minimum Gasteiger partial charge on any atom is -0.507 e. The van der Waals surface area contributed by atoms with Gasteiger partial charge in [-0.25, -0.2) is 9.78 Å². The van der Waals surface area contributed by atoms with Crippen LogP contribution in [0, 0.1) is 6.92 Å². The number of aromatic hydroxyl groups is 1. The number of amides is 3. The molecule has 2 aromatic heterocycles. The SMILES string of the molecule is CCc1cc(-c2cc(NC3CC3)n3ncc(/C=C4\NC(=O)NC4=O)c3n2)cc(C)c1O. The molecule has 9 nitrogen and oxygen atoms in total. The summed E-state index contributed by atoms with van der Waals surface area (Å²) in [5, 5.41) is 22.9. The first-order valence-corrected chi connectivity index (χ1v) is 10.2. The number of urea groups is 1. The molecule has 0 spiro atoms. The Morgan fingerprint density at radius 1 is 1.26 bits per heavy atom. The molecule has 31 heavy (non-hydrogen) atoms. The van der Waals surface area contributed by atoms with Gasteiger partial charge in [-0.15, -0.1) is 0 Å². The Hall–Kier alpha value is -3.88. The van der Waals surface area contributed by atoms with Crippen LogP contribution < -0.4 is 16.0 Å². The van der Waals surface area contributed by atoms with Gasteiger partial charge in [0.2, 0.25) is 0 Å². The van der Waals surface area contributed by atoms with Crippen molar-refractivity contribution in [2.75, 3.05) is 5.32 Å². The maximum Gasteiger partial charge on any atom is 0.326 e. The maximum atomic E-state index is 11.9. The lowest BCUT2D eigenvalue weighted by molar-refractivity contribution is -0.115. The van der Waals surface area contributed by atoms with E-state index in [1.165, 1.54) is 0 Å². The van der Waals surface area contributed by atoms with Crippen molar-refractivity contribution < 1.29 is 14.7 Å². The number of carbonyl (C=O) groups excluding carboxylic acids is 2. The zero-order valence-electron chi connectivity index (χ0n) is 17.2. The summed E-state index contributed by atoms with van der Waals surface area (Å²) in [5.41, 5.74) is 4.58. The quantitative estimate of drug-likeness (QED) is 0.374. The molecule has 3 amide bonds. The van der Waals surface area contributed by atoms with E-state index in [2.05, 4.69) is 21.0 Å². The summed E-state index contributed by atoms with van der Waals surface area (Å²) >= 11 is 0. The van der Waals surface area contributed by atoms with Gasteiger partial charge in [0.15, 0.2) is 5.65 Å². The first-order valence-electron chi connectivity index (χ1n) is 10.2. The van der Waals surface area contributed by atoms with E-state index in [-0.39, 0.29) is 5.70 Å². The summed E-state index contributed by atoms with van der Waals surface area (Å²) in [7, 11) is 0. The van der Waals surface area contributed by atoms with E-state index in [0.29, 0.717) is 29.4 Å². The van der Waals surface area contributed by atoms with E-state index in [1.807, 2.05) is 32.0 Å². The number of anilines is 1. The predicted octanol–water partition coefficient (Wildman–Crippen LogP) is 2.73. The van der Waals surface area contributed by atoms with Crippen molar-refractivity contribution >= 4 is 29.5 Å². The van der Waals surface area contributed by atoms with Crippen molar-refractivity contribution in [2.24, 2.45) is 0 Å². The number of hydrogen-bond acceptors (Lipinski definition) is 6. The van der Waals surface area contributed by atoms with E-state index in [4.69, 9.17) is 4.98 Å². The highest BCUT2D eigenvalue weighted by molar-refractivity contribution is 6.14. The first-order chi connectivity index (χ1) is 14.9. The molecule has 2 aliphatic rings. The van der Waals surface area contributed by atoms with E-state index in [0.717, 1.165) is 41.0 Å². The van der Waals surface area contributed by atoms with E-state index in [1.54, 1.807) is 16.8 Å². The summed E-state index contributed by atoms with van der Waals surface area (Å²) < 4.78 is 1.71. The molecule has 3 aromatic rings. The zero-order valence-corrected chi connectivity index (χ0v) is 17.2. The Morgan fingerprint density at radius 3 is 2.74 bits per heavy atom. The fraction of sp³-hybridized carbons (Fsp3) is 0.273. The largest absolute Gasteiger partial charge is 0.507 e. The average molecular weight is 418 g/mol. The summed E-state index contributed by atoms with van der Waals surface area (Å²) in [5.74, 6) is 0.621. The molecule has 1 aromatic carbocycles.